The third kappa shape index (κ3) is 1.90. The van der Waals surface area contributed by atoms with Gasteiger partial charge in [0.05, 0.1) is 0 Å². The van der Waals surface area contributed by atoms with Gasteiger partial charge in [0.2, 0.25) is 0 Å². The summed E-state index contributed by atoms with van der Waals surface area (Å²) in [7, 11) is 0. The molecule has 0 aliphatic carbocycles. The predicted octanol–water partition coefficient (Wildman–Crippen LogP) is 2.33. The normalized spacial score (nSPS) is 12.9. The van der Waals surface area contributed by atoms with Crippen LogP contribution in [0, 0.1) is 0 Å². The molecule has 0 spiro atoms. The molecule has 0 saturated carbocycles. The summed E-state index contributed by atoms with van der Waals surface area (Å²) >= 11 is 5.81. The molecular formula is C9H13ClN2. The van der Waals surface area contributed by atoms with Gasteiger partial charge in [-0.2, -0.15) is 0 Å². The first-order chi connectivity index (χ1) is 5.65. The van der Waals surface area contributed by atoms with Gasteiger partial charge in [-0.3, -0.25) is 0 Å². The van der Waals surface area contributed by atoms with Crippen molar-refractivity contribution in [2.45, 2.75) is 19.4 Å². The second kappa shape index (κ2) is 3.78. The Hall–Kier alpha value is -0.730. The molecule has 0 radical (unpaired) electrons. The summed E-state index contributed by atoms with van der Waals surface area (Å²) in [4.78, 5) is 0. The maximum Gasteiger partial charge on any atom is 0.0410 e. The smallest absolute Gasteiger partial charge is 0.0410 e. The molecule has 0 unspecified atom stereocenters. The Morgan fingerprint density at radius 2 is 2.17 bits per heavy atom. The van der Waals surface area contributed by atoms with Gasteiger partial charge in [-0.1, -0.05) is 18.5 Å². The summed E-state index contributed by atoms with van der Waals surface area (Å²) in [6, 6.07) is 5.37. The predicted molar refractivity (Wildman–Crippen MR) is 53.1 cm³/mol. The largest absolute Gasteiger partial charge is 0.398 e. The van der Waals surface area contributed by atoms with E-state index in [9.17, 15) is 0 Å². The average Bonchev–Trinajstić information content (AvgIpc) is 2.08. The van der Waals surface area contributed by atoms with Crippen LogP contribution >= 0.6 is 11.6 Å². The topological polar surface area (TPSA) is 52.0 Å². The van der Waals surface area contributed by atoms with Crippen LogP contribution < -0.4 is 11.5 Å². The molecule has 1 aromatic rings. The van der Waals surface area contributed by atoms with Crippen LogP contribution in [-0.2, 0) is 0 Å². The third-order valence-electron chi connectivity index (χ3n) is 1.89. The highest BCUT2D eigenvalue weighted by molar-refractivity contribution is 6.30. The van der Waals surface area contributed by atoms with E-state index >= 15 is 0 Å². The van der Waals surface area contributed by atoms with Crippen molar-refractivity contribution in [1.82, 2.24) is 0 Å². The van der Waals surface area contributed by atoms with Crippen LogP contribution in [0.25, 0.3) is 0 Å². The molecule has 2 nitrogen and oxygen atoms in total. The van der Waals surface area contributed by atoms with E-state index in [1.165, 1.54) is 0 Å². The molecule has 0 heterocycles. The molecule has 1 atom stereocenters. The van der Waals surface area contributed by atoms with Crippen LogP contribution in [0.3, 0.4) is 0 Å². The fraction of sp³-hybridized carbons (Fsp3) is 0.333. The van der Waals surface area contributed by atoms with Crippen molar-refractivity contribution in [1.29, 1.82) is 0 Å². The van der Waals surface area contributed by atoms with Crippen LogP contribution in [0.2, 0.25) is 5.02 Å². The number of benzene rings is 1. The lowest BCUT2D eigenvalue weighted by Gasteiger charge is -2.11. The zero-order valence-corrected chi connectivity index (χ0v) is 7.81. The van der Waals surface area contributed by atoms with E-state index in [4.69, 9.17) is 23.1 Å². The van der Waals surface area contributed by atoms with Crippen LogP contribution in [-0.4, -0.2) is 0 Å². The van der Waals surface area contributed by atoms with Crippen LogP contribution in [0.5, 0.6) is 0 Å². The Morgan fingerprint density at radius 1 is 1.50 bits per heavy atom. The van der Waals surface area contributed by atoms with E-state index in [-0.39, 0.29) is 6.04 Å². The molecule has 0 aliphatic heterocycles. The van der Waals surface area contributed by atoms with Crippen molar-refractivity contribution in [3.05, 3.63) is 28.8 Å². The minimum absolute atomic E-state index is 0.0105. The summed E-state index contributed by atoms with van der Waals surface area (Å²) in [6.07, 6.45) is 0.866. The third-order valence-corrected chi connectivity index (χ3v) is 2.12. The molecule has 12 heavy (non-hydrogen) atoms. The fourth-order valence-corrected chi connectivity index (χ4v) is 1.27. The van der Waals surface area contributed by atoms with Crippen LogP contribution in [0.15, 0.2) is 18.2 Å². The van der Waals surface area contributed by atoms with Gasteiger partial charge >= 0.3 is 0 Å². The summed E-state index contributed by atoms with van der Waals surface area (Å²) in [5.74, 6) is 0. The zero-order valence-electron chi connectivity index (χ0n) is 7.05. The molecular weight excluding hydrogens is 172 g/mol. The van der Waals surface area contributed by atoms with Crippen molar-refractivity contribution >= 4 is 17.3 Å². The Kier molecular flexibility index (Phi) is 2.95. The zero-order chi connectivity index (χ0) is 9.14. The van der Waals surface area contributed by atoms with Gasteiger partial charge in [0.25, 0.3) is 0 Å². The Balaban J connectivity index is 3.04. The molecule has 66 valence electrons. The lowest BCUT2D eigenvalue weighted by atomic mass is 10.0. The quantitative estimate of drug-likeness (QED) is 0.694. The fourth-order valence-electron chi connectivity index (χ4n) is 1.09. The molecule has 0 fully saturated rings. The van der Waals surface area contributed by atoms with Gasteiger partial charge in [-0.05, 0) is 30.2 Å². The first kappa shape index (κ1) is 9.36. The highest BCUT2D eigenvalue weighted by atomic mass is 35.5. The van der Waals surface area contributed by atoms with E-state index in [2.05, 4.69) is 0 Å². The second-order valence-corrected chi connectivity index (χ2v) is 3.22. The molecule has 1 aromatic carbocycles. The lowest BCUT2D eigenvalue weighted by Crippen LogP contribution is -2.10. The number of rotatable bonds is 2. The number of hydrogen-bond donors (Lipinski definition) is 2. The molecule has 1 rings (SSSR count). The Labute approximate surface area is 77.5 Å². The number of hydrogen-bond acceptors (Lipinski definition) is 2. The molecule has 0 amide bonds. The molecule has 0 saturated heterocycles. The van der Waals surface area contributed by atoms with Gasteiger partial charge in [0.1, 0.15) is 0 Å². The number of nitrogen functional groups attached to an aromatic ring is 1. The lowest BCUT2D eigenvalue weighted by molar-refractivity contribution is 0.701. The molecule has 0 aromatic heterocycles. The van der Waals surface area contributed by atoms with Gasteiger partial charge < -0.3 is 11.5 Å². The van der Waals surface area contributed by atoms with E-state index < -0.39 is 0 Å². The van der Waals surface area contributed by atoms with Gasteiger partial charge in [0, 0.05) is 16.8 Å². The first-order valence-corrected chi connectivity index (χ1v) is 4.33. The molecule has 0 bridgehead atoms. The van der Waals surface area contributed by atoms with Crippen molar-refractivity contribution in [3.8, 4) is 0 Å². The highest BCUT2D eigenvalue weighted by Crippen LogP contribution is 2.24. The minimum Gasteiger partial charge on any atom is -0.398 e. The van der Waals surface area contributed by atoms with E-state index in [0.29, 0.717) is 10.7 Å². The Morgan fingerprint density at radius 3 is 2.75 bits per heavy atom. The second-order valence-electron chi connectivity index (χ2n) is 2.79. The van der Waals surface area contributed by atoms with E-state index in [1.54, 1.807) is 12.1 Å². The van der Waals surface area contributed by atoms with Crippen LogP contribution in [0.1, 0.15) is 24.9 Å². The SMILES string of the molecule is CC[C@H](N)c1cc(Cl)ccc1N. The minimum atomic E-state index is -0.0105. The average molecular weight is 185 g/mol. The van der Waals surface area contributed by atoms with Crippen molar-refractivity contribution in [2.75, 3.05) is 5.73 Å². The van der Waals surface area contributed by atoms with Gasteiger partial charge in [-0.25, -0.2) is 0 Å². The summed E-state index contributed by atoms with van der Waals surface area (Å²) in [6.45, 7) is 2.02. The van der Waals surface area contributed by atoms with Gasteiger partial charge in [-0.15, -0.1) is 0 Å². The monoisotopic (exact) mass is 184 g/mol. The first-order valence-electron chi connectivity index (χ1n) is 3.95. The maximum absolute atomic E-state index is 5.83. The van der Waals surface area contributed by atoms with E-state index in [0.717, 1.165) is 12.0 Å². The van der Waals surface area contributed by atoms with Crippen LogP contribution in [0.4, 0.5) is 5.69 Å². The van der Waals surface area contributed by atoms with Crippen molar-refractivity contribution in [2.24, 2.45) is 5.73 Å². The summed E-state index contributed by atoms with van der Waals surface area (Å²) in [5.41, 5.74) is 13.2. The molecule has 3 heteroatoms. The van der Waals surface area contributed by atoms with Crippen molar-refractivity contribution < 1.29 is 0 Å². The Bertz CT molecular complexity index is 273. The van der Waals surface area contributed by atoms with Crippen molar-refractivity contribution in [3.63, 3.8) is 0 Å². The molecule has 4 N–H and O–H groups in total. The number of nitrogens with two attached hydrogens (primary N) is 2. The highest BCUT2D eigenvalue weighted by Gasteiger charge is 2.07. The standard InChI is InChI=1S/C9H13ClN2/c1-2-8(11)7-5-6(10)3-4-9(7)12/h3-5,8H,2,11-12H2,1H3/t8-/m0/s1. The van der Waals surface area contributed by atoms with E-state index in [1.807, 2.05) is 13.0 Å². The molecule has 0 aliphatic rings. The van der Waals surface area contributed by atoms with Gasteiger partial charge in [0.15, 0.2) is 0 Å². The summed E-state index contributed by atoms with van der Waals surface area (Å²) in [5, 5.41) is 0.683. The summed E-state index contributed by atoms with van der Waals surface area (Å²) < 4.78 is 0. The number of halogens is 1. The number of anilines is 1. The maximum atomic E-state index is 5.83.